The van der Waals surface area contributed by atoms with E-state index in [2.05, 4.69) is 71.2 Å². The largest absolute Gasteiger partial charge is 0.491 e. The summed E-state index contributed by atoms with van der Waals surface area (Å²) in [7, 11) is 0. The van der Waals surface area contributed by atoms with Crippen molar-refractivity contribution in [2.45, 2.75) is 25.2 Å². The molecule has 172 valence electrons. The number of rotatable bonds is 8. The van der Waals surface area contributed by atoms with Gasteiger partial charge in [-0.3, -0.25) is 4.90 Å². The van der Waals surface area contributed by atoms with Crippen LogP contribution in [-0.4, -0.2) is 60.1 Å². The predicted molar refractivity (Wildman–Crippen MR) is 138 cm³/mol. The van der Waals surface area contributed by atoms with E-state index in [1.807, 2.05) is 18.0 Å². The molecule has 33 heavy (non-hydrogen) atoms. The Balaban J connectivity index is 1.48. The van der Waals surface area contributed by atoms with E-state index < -0.39 is 0 Å². The molecular formula is C27H31N3O2S. The van der Waals surface area contributed by atoms with Gasteiger partial charge in [0.2, 0.25) is 0 Å². The number of hydrogen-bond acceptors (Lipinski definition) is 5. The van der Waals surface area contributed by atoms with Gasteiger partial charge in [-0.1, -0.05) is 19.1 Å². The molecule has 1 aliphatic heterocycles. The van der Waals surface area contributed by atoms with Crippen molar-refractivity contribution in [3.8, 4) is 16.9 Å². The summed E-state index contributed by atoms with van der Waals surface area (Å²) in [5.74, 6) is 1.96. The number of nitrogens with zero attached hydrogens (tertiary/aromatic N) is 2. The van der Waals surface area contributed by atoms with Gasteiger partial charge in [-0.25, -0.2) is 4.98 Å². The van der Waals surface area contributed by atoms with Crippen LogP contribution in [0.4, 0.5) is 0 Å². The number of aryl methyl sites for hydroxylation is 1. The smallest absolute Gasteiger partial charge is 0.143 e. The highest BCUT2D eigenvalue weighted by Gasteiger charge is 2.16. The Morgan fingerprint density at radius 2 is 2.03 bits per heavy atom. The number of pyridine rings is 1. The van der Waals surface area contributed by atoms with Gasteiger partial charge in [0.25, 0.3) is 0 Å². The van der Waals surface area contributed by atoms with Crippen LogP contribution in [0.15, 0.2) is 53.6 Å². The molecule has 3 heterocycles. The first kappa shape index (κ1) is 22.3. The summed E-state index contributed by atoms with van der Waals surface area (Å²) in [5.41, 5.74) is 5.52. The molecule has 6 heteroatoms. The molecule has 0 saturated carbocycles. The molecule has 1 N–H and O–H groups in total. The third-order valence-electron chi connectivity index (χ3n) is 6.14. The van der Waals surface area contributed by atoms with Crippen LogP contribution >= 0.6 is 11.8 Å². The fourth-order valence-electron chi connectivity index (χ4n) is 4.54. The van der Waals surface area contributed by atoms with Crippen LogP contribution in [0.25, 0.3) is 33.1 Å². The Hall–Kier alpha value is -2.54. The maximum atomic E-state index is 6.30. The van der Waals surface area contributed by atoms with E-state index in [1.165, 1.54) is 21.4 Å². The van der Waals surface area contributed by atoms with Crippen molar-refractivity contribution in [1.29, 1.82) is 0 Å². The van der Waals surface area contributed by atoms with E-state index >= 15 is 0 Å². The minimum absolute atomic E-state index is 0.691. The summed E-state index contributed by atoms with van der Waals surface area (Å²) in [5, 5.41) is 2.33. The Morgan fingerprint density at radius 1 is 1.15 bits per heavy atom. The number of aromatic nitrogens is 2. The van der Waals surface area contributed by atoms with Crippen LogP contribution in [0.5, 0.6) is 5.75 Å². The van der Waals surface area contributed by atoms with Gasteiger partial charge >= 0.3 is 0 Å². The molecule has 5 rings (SSSR count). The number of H-pyrrole nitrogens is 1. The van der Waals surface area contributed by atoms with Crippen LogP contribution in [-0.2, 0) is 4.74 Å². The van der Waals surface area contributed by atoms with E-state index in [0.29, 0.717) is 6.61 Å². The molecule has 0 spiro atoms. The van der Waals surface area contributed by atoms with Crippen LogP contribution < -0.4 is 4.74 Å². The van der Waals surface area contributed by atoms with E-state index in [-0.39, 0.29) is 0 Å². The molecule has 5 nitrogen and oxygen atoms in total. The molecule has 2 aromatic carbocycles. The summed E-state index contributed by atoms with van der Waals surface area (Å²) in [6.07, 6.45) is 2.91. The molecule has 4 aromatic rings. The van der Waals surface area contributed by atoms with Gasteiger partial charge in [0.1, 0.15) is 11.4 Å². The molecule has 1 aliphatic rings. The third-order valence-corrected chi connectivity index (χ3v) is 7.02. The number of morpholine rings is 1. The molecule has 0 unspecified atom stereocenters. The van der Waals surface area contributed by atoms with E-state index in [9.17, 15) is 0 Å². The van der Waals surface area contributed by atoms with Crippen molar-refractivity contribution in [2.24, 2.45) is 0 Å². The zero-order valence-electron chi connectivity index (χ0n) is 19.4. The minimum atomic E-state index is 0.691. The lowest BCUT2D eigenvalue weighted by Gasteiger charge is -2.26. The molecule has 0 atom stereocenters. The van der Waals surface area contributed by atoms with Gasteiger partial charge in [0.15, 0.2) is 0 Å². The van der Waals surface area contributed by atoms with Crippen molar-refractivity contribution >= 4 is 33.7 Å². The Labute approximate surface area is 199 Å². The second-order valence-electron chi connectivity index (χ2n) is 8.51. The zero-order chi connectivity index (χ0) is 22.6. The lowest BCUT2D eigenvalue weighted by molar-refractivity contribution is 0.0358. The standard InChI is InChI=1S/C27H31N3O2S/c1-3-33-21-7-4-6-20(17-21)22-8-9-24(32-13-5-10-30-11-14-31-15-12-30)26-25(22)23-16-19(2)18-28-27(23)29-26/h4,6-9,16-18H,3,5,10-15H2,1-2H3,(H,28,29). The van der Waals surface area contributed by atoms with Gasteiger partial charge in [0.05, 0.1) is 25.3 Å². The quantitative estimate of drug-likeness (QED) is 0.261. The number of hydrogen-bond donors (Lipinski definition) is 1. The molecular weight excluding hydrogens is 430 g/mol. The zero-order valence-corrected chi connectivity index (χ0v) is 20.2. The first-order valence-corrected chi connectivity index (χ1v) is 12.8. The Morgan fingerprint density at radius 3 is 2.88 bits per heavy atom. The molecule has 0 bridgehead atoms. The monoisotopic (exact) mass is 461 g/mol. The predicted octanol–water partition coefficient (Wildman–Crippen LogP) is 5.90. The minimum Gasteiger partial charge on any atom is -0.491 e. The Bertz CT molecular complexity index is 1250. The normalized spacial score (nSPS) is 14.8. The lowest BCUT2D eigenvalue weighted by Crippen LogP contribution is -2.37. The number of fused-ring (bicyclic) bond motifs is 3. The second-order valence-corrected chi connectivity index (χ2v) is 9.85. The highest BCUT2D eigenvalue weighted by Crippen LogP contribution is 2.39. The van der Waals surface area contributed by atoms with Crippen molar-refractivity contribution in [1.82, 2.24) is 14.9 Å². The number of ether oxygens (including phenoxy) is 2. The van der Waals surface area contributed by atoms with Gasteiger partial charge in [-0.15, -0.1) is 11.8 Å². The average molecular weight is 462 g/mol. The lowest BCUT2D eigenvalue weighted by atomic mass is 9.99. The maximum Gasteiger partial charge on any atom is 0.143 e. The third kappa shape index (κ3) is 4.88. The highest BCUT2D eigenvalue weighted by molar-refractivity contribution is 7.99. The van der Waals surface area contributed by atoms with Crippen LogP contribution in [0.3, 0.4) is 0 Å². The topological polar surface area (TPSA) is 50.4 Å². The maximum absolute atomic E-state index is 6.30. The molecule has 1 fully saturated rings. The van der Waals surface area contributed by atoms with Crippen LogP contribution in [0.2, 0.25) is 0 Å². The van der Waals surface area contributed by atoms with Gasteiger partial charge in [-0.2, -0.15) is 0 Å². The van der Waals surface area contributed by atoms with Crippen LogP contribution in [0.1, 0.15) is 18.9 Å². The average Bonchev–Trinajstić information content (AvgIpc) is 3.22. The molecule has 0 radical (unpaired) electrons. The van der Waals surface area contributed by atoms with E-state index in [1.54, 1.807) is 0 Å². The first-order valence-electron chi connectivity index (χ1n) is 11.8. The number of thioether (sulfide) groups is 1. The van der Waals surface area contributed by atoms with Gasteiger partial charge in [0, 0.05) is 41.5 Å². The fraction of sp³-hybridized carbons (Fsp3) is 0.370. The van der Waals surface area contributed by atoms with Crippen molar-refractivity contribution < 1.29 is 9.47 Å². The van der Waals surface area contributed by atoms with Gasteiger partial charge in [-0.05, 0) is 66.1 Å². The molecule has 0 amide bonds. The van der Waals surface area contributed by atoms with E-state index in [4.69, 9.17) is 9.47 Å². The second kappa shape index (κ2) is 10.2. The molecule has 2 aromatic heterocycles. The van der Waals surface area contributed by atoms with Crippen molar-refractivity contribution in [2.75, 3.05) is 45.2 Å². The summed E-state index contributed by atoms with van der Waals surface area (Å²) >= 11 is 1.87. The van der Waals surface area contributed by atoms with Crippen molar-refractivity contribution in [3.05, 3.63) is 54.2 Å². The molecule has 1 saturated heterocycles. The van der Waals surface area contributed by atoms with Crippen LogP contribution in [0, 0.1) is 6.92 Å². The summed E-state index contributed by atoms with van der Waals surface area (Å²) in [4.78, 5) is 11.9. The number of aromatic amines is 1. The highest BCUT2D eigenvalue weighted by atomic mass is 32.2. The molecule has 0 aliphatic carbocycles. The van der Waals surface area contributed by atoms with Crippen molar-refractivity contribution in [3.63, 3.8) is 0 Å². The summed E-state index contributed by atoms with van der Waals surface area (Å²) in [6, 6.07) is 15.3. The Kier molecular flexibility index (Phi) is 6.85. The SMILES string of the molecule is CCSc1cccc(-c2ccc(OCCCN3CCOCC3)c3[nH]c4ncc(C)cc4c23)c1. The summed E-state index contributed by atoms with van der Waals surface area (Å²) in [6.45, 7) is 9.72. The summed E-state index contributed by atoms with van der Waals surface area (Å²) < 4.78 is 11.7. The van der Waals surface area contributed by atoms with E-state index in [0.717, 1.165) is 72.9 Å². The number of nitrogens with one attached hydrogen (secondary N) is 1. The fourth-order valence-corrected chi connectivity index (χ4v) is 5.26. The first-order chi connectivity index (χ1) is 16.2. The number of benzene rings is 2. The van der Waals surface area contributed by atoms with Gasteiger partial charge < -0.3 is 14.5 Å².